The third kappa shape index (κ3) is 4.20. The van der Waals surface area contributed by atoms with Gasteiger partial charge >= 0.3 is 5.97 Å². The van der Waals surface area contributed by atoms with E-state index >= 15 is 0 Å². The van der Waals surface area contributed by atoms with Crippen LogP contribution in [0.2, 0.25) is 5.02 Å². The summed E-state index contributed by atoms with van der Waals surface area (Å²) in [5, 5.41) is 13.1. The lowest BCUT2D eigenvalue weighted by Gasteiger charge is -2.14. The van der Waals surface area contributed by atoms with E-state index in [-0.39, 0.29) is 0 Å². The number of rotatable bonds is 6. The lowest BCUT2D eigenvalue weighted by atomic mass is 10.0. The van der Waals surface area contributed by atoms with E-state index in [0.29, 0.717) is 46.4 Å². The van der Waals surface area contributed by atoms with Crippen LogP contribution in [0.25, 0.3) is 11.1 Å². The number of halogens is 1. The van der Waals surface area contributed by atoms with Gasteiger partial charge in [-0.15, -0.1) is 0 Å². The van der Waals surface area contributed by atoms with Crippen molar-refractivity contribution in [3.63, 3.8) is 0 Å². The molecule has 0 unspecified atom stereocenters. The molecule has 7 heteroatoms. The number of nitriles is 1. The average molecular weight is 409 g/mol. The SMILES string of the molecule is CCOC(=O)c1cccc(N)c1NCc1ccc(-c2c(C#N)[nH]c(C)c2Cl)cc1. The van der Waals surface area contributed by atoms with Crippen molar-refractivity contribution >= 4 is 28.9 Å². The largest absolute Gasteiger partial charge is 0.462 e. The van der Waals surface area contributed by atoms with Crippen LogP contribution in [0, 0.1) is 18.3 Å². The van der Waals surface area contributed by atoms with Gasteiger partial charge < -0.3 is 20.8 Å². The summed E-state index contributed by atoms with van der Waals surface area (Å²) in [5.74, 6) is -0.417. The second-order valence-electron chi connectivity index (χ2n) is 6.47. The predicted molar refractivity (Wildman–Crippen MR) is 115 cm³/mol. The predicted octanol–water partition coefficient (Wildman–Crippen LogP) is 4.89. The molecular formula is C22H21ClN4O2. The zero-order valence-corrected chi connectivity index (χ0v) is 16.9. The Balaban J connectivity index is 1.81. The number of esters is 1. The fourth-order valence-electron chi connectivity index (χ4n) is 3.08. The van der Waals surface area contributed by atoms with Gasteiger partial charge in [-0.1, -0.05) is 41.9 Å². The number of nitrogens with one attached hydrogen (secondary N) is 2. The molecule has 0 saturated heterocycles. The van der Waals surface area contributed by atoms with Crippen LogP contribution in [0.1, 0.15) is 34.2 Å². The van der Waals surface area contributed by atoms with Crippen molar-refractivity contribution in [2.24, 2.45) is 0 Å². The number of para-hydroxylation sites is 1. The Morgan fingerprint density at radius 1 is 1.28 bits per heavy atom. The van der Waals surface area contributed by atoms with Gasteiger partial charge in [0, 0.05) is 17.8 Å². The van der Waals surface area contributed by atoms with Crippen LogP contribution in [0.5, 0.6) is 0 Å². The van der Waals surface area contributed by atoms with E-state index in [2.05, 4.69) is 16.4 Å². The molecular weight excluding hydrogens is 388 g/mol. The Morgan fingerprint density at radius 2 is 2.00 bits per heavy atom. The summed E-state index contributed by atoms with van der Waals surface area (Å²) in [7, 11) is 0. The Bertz CT molecular complexity index is 1080. The van der Waals surface area contributed by atoms with Crippen molar-refractivity contribution in [3.05, 3.63) is 70.0 Å². The van der Waals surface area contributed by atoms with Crippen molar-refractivity contribution in [1.82, 2.24) is 4.98 Å². The molecule has 1 aromatic heterocycles. The number of nitrogen functional groups attached to an aromatic ring is 1. The van der Waals surface area contributed by atoms with Crippen LogP contribution >= 0.6 is 11.6 Å². The normalized spacial score (nSPS) is 10.4. The molecule has 2 aromatic carbocycles. The molecule has 29 heavy (non-hydrogen) atoms. The van der Waals surface area contributed by atoms with Crippen LogP contribution in [-0.2, 0) is 11.3 Å². The van der Waals surface area contributed by atoms with E-state index in [1.54, 1.807) is 25.1 Å². The molecule has 0 amide bonds. The Hall–Kier alpha value is -3.43. The number of H-pyrrole nitrogens is 1. The van der Waals surface area contributed by atoms with E-state index in [4.69, 9.17) is 22.1 Å². The van der Waals surface area contributed by atoms with Crippen LogP contribution in [-0.4, -0.2) is 17.6 Å². The van der Waals surface area contributed by atoms with Crippen molar-refractivity contribution in [1.29, 1.82) is 5.26 Å². The molecule has 0 saturated carbocycles. The first-order chi connectivity index (χ1) is 14.0. The van der Waals surface area contributed by atoms with Crippen LogP contribution in [0.4, 0.5) is 11.4 Å². The topological polar surface area (TPSA) is 104 Å². The quantitative estimate of drug-likeness (QED) is 0.398. The Kier molecular flexibility index (Phi) is 6.10. The first kappa shape index (κ1) is 20.3. The minimum Gasteiger partial charge on any atom is -0.462 e. The molecule has 0 radical (unpaired) electrons. The van der Waals surface area contributed by atoms with Gasteiger partial charge in [0.15, 0.2) is 0 Å². The van der Waals surface area contributed by atoms with Gasteiger partial charge in [-0.2, -0.15) is 5.26 Å². The maximum absolute atomic E-state index is 12.2. The smallest absolute Gasteiger partial charge is 0.340 e. The van der Waals surface area contributed by atoms with Gasteiger partial charge in [0.2, 0.25) is 0 Å². The average Bonchev–Trinajstić information content (AvgIpc) is 3.01. The number of benzene rings is 2. The summed E-state index contributed by atoms with van der Waals surface area (Å²) in [5.41, 5.74) is 11.2. The van der Waals surface area contributed by atoms with E-state index in [9.17, 15) is 10.1 Å². The molecule has 6 nitrogen and oxygen atoms in total. The summed E-state index contributed by atoms with van der Waals surface area (Å²) in [4.78, 5) is 15.2. The highest BCUT2D eigenvalue weighted by molar-refractivity contribution is 6.34. The van der Waals surface area contributed by atoms with Crippen LogP contribution in [0.3, 0.4) is 0 Å². The molecule has 0 aliphatic carbocycles. The van der Waals surface area contributed by atoms with Gasteiger partial charge in [0.05, 0.1) is 28.6 Å². The second-order valence-corrected chi connectivity index (χ2v) is 6.84. The first-order valence-electron chi connectivity index (χ1n) is 9.13. The van der Waals surface area contributed by atoms with E-state index in [0.717, 1.165) is 16.8 Å². The molecule has 0 bridgehead atoms. The number of hydrogen-bond donors (Lipinski definition) is 3. The molecule has 0 atom stereocenters. The number of carbonyl (C=O) groups excluding carboxylic acids is 1. The molecule has 3 aromatic rings. The molecule has 3 rings (SSSR count). The molecule has 0 aliphatic rings. The van der Waals surface area contributed by atoms with Gasteiger partial charge in [0.25, 0.3) is 0 Å². The first-order valence-corrected chi connectivity index (χ1v) is 9.51. The van der Waals surface area contributed by atoms with Crippen molar-refractivity contribution in [2.75, 3.05) is 17.7 Å². The van der Waals surface area contributed by atoms with Crippen molar-refractivity contribution in [3.8, 4) is 17.2 Å². The number of nitrogens with two attached hydrogens (primary N) is 1. The Morgan fingerprint density at radius 3 is 2.66 bits per heavy atom. The van der Waals surface area contributed by atoms with Crippen molar-refractivity contribution in [2.45, 2.75) is 20.4 Å². The number of aromatic amines is 1. The van der Waals surface area contributed by atoms with Crippen LogP contribution in [0.15, 0.2) is 42.5 Å². The summed E-state index contributed by atoms with van der Waals surface area (Å²) in [6, 6.07) is 15.0. The van der Waals surface area contributed by atoms with Crippen molar-refractivity contribution < 1.29 is 9.53 Å². The maximum atomic E-state index is 12.2. The number of ether oxygens (including phenoxy) is 1. The number of hydrogen-bond acceptors (Lipinski definition) is 5. The minimum absolute atomic E-state index is 0.292. The van der Waals surface area contributed by atoms with Gasteiger partial charge in [-0.25, -0.2) is 4.79 Å². The standard InChI is InChI=1S/C22H21ClN4O2/c1-3-29-22(28)16-5-4-6-17(25)21(16)26-12-14-7-9-15(10-8-14)19-18(11-24)27-13(2)20(19)23/h4-10,26-27H,3,12,25H2,1-2H3. The van der Waals surface area contributed by atoms with Gasteiger partial charge in [-0.05, 0) is 37.1 Å². The Labute approximate surface area is 174 Å². The van der Waals surface area contributed by atoms with Crippen LogP contribution < -0.4 is 11.1 Å². The minimum atomic E-state index is -0.417. The molecule has 0 aliphatic heterocycles. The van der Waals surface area contributed by atoms with Gasteiger partial charge in [0.1, 0.15) is 11.8 Å². The fourth-order valence-corrected chi connectivity index (χ4v) is 3.33. The fraction of sp³-hybridized carbons (Fsp3) is 0.182. The molecule has 4 N–H and O–H groups in total. The third-order valence-corrected chi connectivity index (χ3v) is 5.00. The highest BCUT2D eigenvalue weighted by Crippen LogP contribution is 2.34. The zero-order valence-electron chi connectivity index (χ0n) is 16.2. The summed E-state index contributed by atoms with van der Waals surface area (Å²) in [6.07, 6.45) is 0. The molecule has 0 spiro atoms. The molecule has 148 valence electrons. The highest BCUT2D eigenvalue weighted by Gasteiger charge is 2.16. The summed E-state index contributed by atoms with van der Waals surface area (Å²) >= 11 is 6.35. The number of aromatic nitrogens is 1. The number of nitrogens with zero attached hydrogens (tertiary/aromatic N) is 1. The lowest BCUT2D eigenvalue weighted by Crippen LogP contribution is -2.11. The van der Waals surface area contributed by atoms with E-state index < -0.39 is 5.97 Å². The maximum Gasteiger partial charge on any atom is 0.340 e. The number of anilines is 2. The lowest BCUT2D eigenvalue weighted by molar-refractivity contribution is 0.0527. The highest BCUT2D eigenvalue weighted by atomic mass is 35.5. The molecule has 1 heterocycles. The van der Waals surface area contributed by atoms with E-state index in [1.165, 1.54) is 0 Å². The second kappa shape index (κ2) is 8.72. The third-order valence-electron chi connectivity index (χ3n) is 4.53. The van der Waals surface area contributed by atoms with Gasteiger partial charge in [-0.3, -0.25) is 0 Å². The summed E-state index contributed by atoms with van der Waals surface area (Å²) in [6.45, 7) is 4.34. The monoisotopic (exact) mass is 408 g/mol. The molecule has 0 fully saturated rings. The van der Waals surface area contributed by atoms with E-state index in [1.807, 2.05) is 31.2 Å². The summed E-state index contributed by atoms with van der Waals surface area (Å²) < 4.78 is 5.10. The number of aryl methyl sites for hydroxylation is 1. The number of carbonyl (C=O) groups is 1. The zero-order chi connectivity index (χ0) is 21.0.